The number of benzene rings is 1. The van der Waals surface area contributed by atoms with Crippen LogP contribution < -0.4 is 10.1 Å². The third-order valence-corrected chi connectivity index (χ3v) is 9.90. The molecule has 2 aliphatic heterocycles. The van der Waals surface area contributed by atoms with E-state index in [0.717, 1.165) is 37.0 Å². The maximum absolute atomic E-state index is 13.4. The van der Waals surface area contributed by atoms with Gasteiger partial charge in [-0.2, -0.15) is 0 Å². The Morgan fingerprint density at radius 3 is 2.59 bits per heavy atom. The quantitative estimate of drug-likeness (QED) is 0.625. The number of ether oxygens (including phenoxy) is 3. The number of methoxy groups -OCH3 is 1. The minimum atomic E-state index is -0.489. The highest BCUT2D eigenvalue weighted by atomic mass is 16.7. The molecule has 1 aromatic carbocycles. The molecule has 2 amide bonds. The lowest BCUT2D eigenvalue weighted by molar-refractivity contribution is -0.312. The van der Waals surface area contributed by atoms with Crippen LogP contribution in [-0.4, -0.2) is 66.9 Å². The molecule has 2 aliphatic carbocycles. The Bertz CT molecular complexity index is 1000. The van der Waals surface area contributed by atoms with Crippen molar-refractivity contribution in [1.29, 1.82) is 0 Å². The highest BCUT2D eigenvalue weighted by Crippen LogP contribution is 2.63. The smallest absolute Gasteiger partial charge is 0.223 e. The molecular weight excluding hydrogens is 472 g/mol. The van der Waals surface area contributed by atoms with Crippen molar-refractivity contribution in [2.75, 3.05) is 26.8 Å². The molecule has 8 atom stereocenters. The number of aliphatic hydroxyl groups excluding tert-OH is 1. The summed E-state index contributed by atoms with van der Waals surface area (Å²) in [5.41, 5.74) is 0.637. The molecule has 0 bridgehead atoms. The van der Waals surface area contributed by atoms with Gasteiger partial charge >= 0.3 is 0 Å². The lowest BCUT2D eigenvalue weighted by Crippen LogP contribution is -2.62. The second-order valence-electron chi connectivity index (χ2n) is 12.1. The number of amides is 2. The van der Waals surface area contributed by atoms with Crippen molar-refractivity contribution in [2.45, 2.75) is 83.8 Å². The predicted octanol–water partition coefficient (Wildman–Crippen LogP) is 3.43. The van der Waals surface area contributed by atoms with E-state index in [-0.39, 0.29) is 40.7 Å². The zero-order chi connectivity index (χ0) is 26.4. The number of nitrogens with one attached hydrogen (secondary N) is 1. The van der Waals surface area contributed by atoms with Gasteiger partial charge in [0.25, 0.3) is 0 Å². The summed E-state index contributed by atoms with van der Waals surface area (Å²) >= 11 is 0. The van der Waals surface area contributed by atoms with Crippen molar-refractivity contribution < 1.29 is 28.9 Å². The second-order valence-corrected chi connectivity index (χ2v) is 12.1. The van der Waals surface area contributed by atoms with Crippen molar-refractivity contribution >= 4 is 11.8 Å². The average molecular weight is 515 g/mol. The molecule has 2 N–H and O–H groups in total. The van der Waals surface area contributed by atoms with Crippen LogP contribution in [-0.2, 0) is 19.1 Å². The molecule has 0 radical (unpaired) electrons. The lowest BCUT2D eigenvalue weighted by Gasteiger charge is -2.63. The minimum absolute atomic E-state index is 0.0191. The first-order valence-corrected chi connectivity index (χ1v) is 13.8. The largest absolute Gasteiger partial charge is 0.497 e. The molecule has 2 heterocycles. The first-order chi connectivity index (χ1) is 17.6. The van der Waals surface area contributed by atoms with E-state index in [0.29, 0.717) is 38.5 Å². The molecule has 204 valence electrons. The fraction of sp³-hybridized carbons (Fsp3) is 0.724. The van der Waals surface area contributed by atoms with E-state index in [1.165, 1.54) is 6.92 Å². The summed E-state index contributed by atoms with van der Waals surface area (Å²) in [7, 11) is 1.66. The number of hydrogen-bond donors (Lipinski definition) is 2. The maximum Gasteiger partial charge on any atom is 0.223 e. The summed E-state index contributed by atoms with van der Waals surface area (Å²) in [5.74, 6) is 1.02. The summed E-state index contributed by atoms with van der Waals surface area (Å²) in [6, 6.07) is 7.86. The first-order valence-electron chi connectivity index (χ1n) is 13.8. The van der Waals surface area contributed by atoms with Gasteiger partial charge in [0.2, 0.25) is 11.8 Å². The SMILES string of the molecule is COc1ccc(C2OCC3(C)C(CCC4(C)C(CC(=O)N5CCC(NC(C)=O)C5)C(O)CCC34)O2)cc1. The minimum Gasteiger partial charge on any atom is -0.497 e. The van der Waals surface area contributed by atoms with Gasteiger partial charge in [0.05, 0.1) is 25.9 Å². The molecule has 4 fully saturated rings. The van der Waals surface area contributed by atoms with E-state index in [4.69, 9.17) is 14.2 Å². The summed E-state index contributed by atoms with van der Waals surface area (Å²) in [6.07, 6.45) is 3.70. The Balaban J connectivity index is 1.28. The van der Waals surface area contributed by atoms with E-state index in [1.54, 1.807) is 7.11 Å². The Labute approximate surface area is 220 Å². The molecule has 0 aromatic heterocycles. The molecule has 4 aliphatic rings. The topological polar surface area (TPSA) is 97.3 Å². The summed E-state index contributed by atoms with van der Waals surface area (Å²) < 4.78 is 18.2. The molecular formula is C29H42N2O6. The first kappa shape index (κ1) is 26.4. The van der Waals surface area contributed by atoms with Crippen LogP contribution in [0.4, 0.5) is 0 Å². The fourth-order valence-corrected chi connectivity index (χ4v) is 7.88. The number of aliphatic hydroxyl groups is 1. The van der Waals surface area contributed by atoms with E-state index in [1.807, 2.05) is 29.2 Å². The summed E-state index contributed by atoms with van der Waals surface area (Å²) in [6.45, 7) is 7.86. The molecule has 37 heavy (non-hydrogen) atoms. The zero-order valence-corrected chi connectivity index (χ0v) is 22.6. The summed E-state index contributed by atoms with van der Waals surface area (Å²) in [5, 5.41) is 14.1. The van der Waals surface area contributed by atoms with Crippen molar-refractivity contribution in [1.82, 2.24) is 10.2 Å². The Morgan fingerprint density at radius 2 is 1.89 bits per heavy atom. The standard InChI is InChI=1S/C29H42N2O6/c1-18(32)30-20-12-14-31(16-20)26(34)15-22-23(33)9-10-24-28(22,2)13-11-25-29(24,3)17-36-27(37-25)19-5-7-21(35-4)8-6-19/h5-8,20,22-25,27,33H,9-17H2,1-4H3,(H,30,32). The van der Waals surface area contributed by atoms with Crippen LogP contribution in [0.2, 0.25) is 0 Å². The van der Waals surface area contributed by atoms with Crippen molar-refractivity contribution in [3.8, 4) is 5.75 Å². The van der Waals surface area contributed by atoms with Crippen molar-refractivity contribution in [3.63, 3.8) is 0 Å². The zero-order valence-electron chi connectivity index (χ0n) is 22.6. The van der Waals surface area contributed by atoms with Gasteiger partial charge in [-0.3, -0.25) is 9.59 Å². The maximum atomic E-state index is 13.4. The van der Waals surface area contributed by atoms with Gasteiger partial charge in [0.1, 0.15) is 5.75 Å². The number of nitrogens with zero attached hydrogens (tertiary/aromatic N) is 1. The van der Waals surface area contributed by atoms with Gasteiger partial charge in [0.15, 0.2) is 6.29 Å². The molecule has 8 nitrogen and oxygen atoms in total. The average Bonchev–Trinajstić information content (AvgIpc) is 3.33. The number of carbonyl (C=O) groups is 2. The number of rotatable bonds is 5. The van der Waals surface area contributed by atoms with Crippen LogP contribution >= 0.6 is 0 Å². The lowest BCUT2D eigenvalue weighted by atomic mass is 9.46. The molecule has 8 heteroatoms. The molecule has 1 aromatic rings. The third kappa shape index (κ3) is 4.88. The van der Waals surface area contributed by atoms with Crippen molar-refractivity contribution in [2.24, 2.45) is 22.7 Å². The Hall–Kier alpha value is -2.16. The van der Waals surface area contributed by atoms with Gasteiger partial charge in [-0.05, 0) is 61.5 Å². The van der Waals surface area contributed by atoms with Gasteiger partial charge < -0.3 is 29.5 Å². The summed E-state index contributed by atoms with van der Waals surface area (Å²) in [4.78, 5) is 26.7. The van der Waals surface area contributed by atoms with Crippen LogP contribution in [0, 0.1) is 22.7 Å². The Kier molecular flexibility index (Phi) is 7.29. The number of carbonyl (C=O) groups excluding carboxylic acids is 2. The molecule has 5 rings (SSSR count). The number of fused-ring (bicyclic) bond motifs is 3. The van der Waals surface area contributed by atoms with E-state index in [2.05, 4.69) is 19.2 Å². The fourth-order valence-electron chi connectivity index (χ4n) is 7.88. The van der Waals surface area contributed by atoms with Gasteiger partial charge in [-0.25, -0.2) is 0 Å². The van der Waals surface area contributed by atoms with Crippen molar-refractivity contribution in [3.05, 3.63) is 29.8 Å². The number of hydrogen-bond acceptors (Lipinski definition) is 6. The number of likely N-dealkylation sites (tertiary alicyclic amines) is 1. The molecule has 0 spiro atoms. The highest BCUT2D eigenvalue weighted by Gasteiger charge is 2.61. The van der Waals surface area contributed by atoms with Crippen LogP contribution in [0.5, 0.6) is 5.75 Å². The third-order valence-electron chi connectivity index (χ3n) is 9.90. The Morgan fingerprint density at radius 1 is 1.14 bits per heavy atom. The van der Waals surface area contributed by atoms with E-state index >= 15 is 0 Å². The second kappa shape index (κ2) is 10.2. The van der Waals surface area contributed by atoms with Crippen LogP contribution in [0.25, 0.3) is 0 Å². The normalized spacial score (nSPS) is 39.4. The van der Waals surface area contributed by atoms with E-state index in [9.17, 15) is 14.7 Å². The molecule has 8 unspecified atom stereocenters. The highest BCUT2D eigenvalue weighted by molar-refractivity contribution is 5.77. The van der Waals surface area contributed by atoms with Crippen LogP contribution in [0.1, 0.15) is 71.1 Å². The van der Waals surface area contributed by atoms with Crippen LogP contribution in [0.3, 0.4) is 0 Å². The van der Waals surface area contributed by atoms with Crippen LogP contribution in [0.15, 0.2) is 24.3 Å². The predicted molar refractivity (Wildman–Crippen MR) is 138 cm³/mol. The van der Waals surface area contributed by atoms with Gasteiger partial charge in [0, 0.05) is 43.5 Å². The monoisotopic (exact) mass is 514 g/mol. The van der Waals surface area contributed by atoms with Gasteiger partial charge in [-0.15, -0.1) is 0 Å². The van der Waals surface area contributed by atoms with E-state index < -0.39 is 12.4 Å². The van der Waals surface area contributed by atoms with Gasteiger partial charge in [-0.1, -0.05) is 26.0 Å². The molecule has 2 saturated carbocycles. The molecule has 2 saturated heterocycles.